The average molecular weight is 338 g/mol. The first kappa shape index (κ1) is 17.1. The van der Waals surface area contributed by atoms with Crippen molar-refractivity contribution in [1.82, 2.24) is 4.98 Å². The number of nitro groups is 1. The topological polar surface area (TPSA) is 97.5 Å². The molecule has 0 saturated heterocycles. The quantitative estimate of drug-likeness (QED) is 0.567. The monoisotopic (exact) mass is 337 g/mol. The van der Waals surface area contributed by atoms with E-state index in [1.807, 2.05) is 30.3 Å². The molecule has 2 rings (SSSR count). The minimum Gasteiger partial charge on any atom is -0.389 e. The summed E-state index contributed by atoms with van der Waals surface area (Å²) in [5.74, 6) is 0.277. The molecule has 0 saturated carbocycles. The first-order chi connectivity index (χ1) is 11.1. The van der Waals surface area contributed by atoms with Crippen LogP contribution in [0.25, 0.3) is 0 Å². The number of hydrogen-bond donors (Lipinski definition) is 2. The molecule has 122 valence electrons. The fourth-order valence-corrected chi connectivity index (χ4v) is 2.05. The van der Waals surface area contributed by atoms with Gasteiger partial charge in [0.15, 0.2) is 0 Å². The SMILES string of the molecule is O=[N+]([O-])c1cnc(NC[C@@H](O)COCc2ccccc2)c(Cl)c1. The number of benzene rings is 1. The van der Waals surface area contributed by atoms with Crippen LogP contribution in [0.5, 0.6) is 0 Å². The van der Waals surface area contributed by atoms with E-state index in [1.54, 1.807) is 0 Å². The van der Waals surface area contributed by atoms with Crippen molar-refractivity contribution >= 4 is 23.1 Å². The van der Waals surface area contributed by atoms with Gasteiger partial charge in [0.25, 0.3) is 5.69 Å². The van der Waals surface area contributed by atoms with Crippen LogP contribution in [0.15, 0.2) is 42.6 Å². The molecule has 1 heterocycles. The molecule has 0 radical (unpaired) electrons. The van der Waals surface area contributed by atoms with Crippen LogP contribution in [0.1, 0.15) is 5.56 Å². The van der Waals surface area contributed by atoms with E-state index in [1.165, 1.54) is 6.07 Å². The van der Waals surface area contributed by atoms with E-state index in [0.717, 1.165) is 11.8 Å². The fourth-order valence-electron chi connectivity index (χ4n) is 1.82. The molecule has 0 spiro atoms. The van der Waals surface area contributed by atoms with Gasteiger partial charge in [-0.1, -0.05) is 41.9 Å². The predicted octanol–water partition coefficient (Wildman–Crippen LogP) is 2.63. The van der Waals surface area contributed by atoms with Gasteiger partial charge >= 0.3 is 0 Å². The summed E-state index contributed by atoms with van der Waals surface area (Å²) >= 11 is 5.90. The largest absolute Gasteiger partial charge is 0.389 e. The van der Waals surface area contributed by atoms with E-state index in [-0.39, 0.29) is 29.7 Å². The standard InChI is InChI=1S/C15H16ClN3O4/c16-14-6-12(19(21)22)7-17-15(14)18-8-13(20)10-23-9-11-4-2-1-3-5-11/h1-7,13,20H,8-10H2,(H,17,18)/t13-/m1/s1. The van der Waals surface area contributed by atoms with E-state index in [4.69, 9.17) is 16.3 Å². The number of halogens is 1. The molecule has 7 nitrogen and oxygen atoms in total. The number of ether oxygens (including phenoxy) is 1. The van der Waals surface area contributed by atoms with Crippen molar-refractivity contribution < 1.29 is 14.8 Å². The van der Waals surface area contributed by atoms with Gasteiger partial charge < -0.3 is 15.2 Å². The Morgan fingerprint density at radius 3 is 2.78 bits per heavy atom. The second-order valence-corrected chi connectivity index (χ2v) is 5.22. The van der Waals surface area contributed by atoms with Crippen molar-refractivity contribution in [2.45, 2.75) is 12.7 Å². The maximum absolute atomic E-state index is 10.6. The summed E-state index contributed by atoms with van der Waals surface area (Å²) in [5.41, 5.74) is 0.833. The zero-order valence-electron chi connectivity index (χ0n) is 12.2. The van der Waals surface area contributed by atoms with E-state index >= 15 is 0 Å². The molecule has 0 fully saturated rings. The lowest BCUT2D eigenvalue weighted by atomic mass is 10.2. The number of pyridine rings is 1. The van der Waals surface area contributed by atoms with E-state index in [0.29, 0.717) is 6.61 Å². The minimum absolute atomic E-state index is 0.122. The van der Waals surface area contributed by atoms with Crippen molar-refractivity contribution in [2.24, 2.45) is 0 Å². The van der Waals surface area contributed by atoms with Gasteiger partial charge in [0, 0.05) is 12.6 Å². The van der Waals surface area contributed by atoms with Crippen molar-refractivity contribution in [1.29, 1.82) is 0 Å². The second kappa shape index (κ2) is 8.42. The number of rotatable bonds is 8. The lowest BCUT2D eigenvalue weighted by Crippen LogP contribution is -2.25. The Morgan fingerprint density at radius 1 is 1.39 bits per heavy atom. The Morgan fingerprint density at radius 2 is 2.13 bits per heavy atom. The van der Waals surface area contributed by atoms with Gasteiger partial charge in [-0.3, -0.25) is 10.1 Å². The number of aliphatic hydroxyl groups is 1. The van der Waals surface area contributed by atoms with Crippen molar-refractivity contribution in [3.05, 3.63) is 63.3 Å². The third kappa shape index (κ3) is 5.48. The smallest absolute Gasteiger partial charge is 0.289 e. The molecule has 0 amide bonds. The lowest BCUT2D eigenvalue weighted by Gasteiger charge is -2.13. The summed E-state index contributed by atoms with van der Waals surface area (Å²) < 4.78 is 5.42. The molecule has 0 unspecified atom stereocenters. The summed E-state index contributed by atoms with van der Waals surface area (Å²) in [5, 5.41) is 23.4. The minimum atomic E-state index is -0.758. The molecule has 0 aliphatic rings. The first-order valence-corrected chi connectivity index (χ1v) is 7.27. The molecule has 1 aromatic carbocycles. The van der Waals surface area contributed by atoms with Crippen molar-refractivity contribution in [3.8, 4) is 0 Å². The summed E-state index contributed by atoms with van der Waals surface area (Å²) in [4.78, 5) is 13.9. The number of anilines is 1. The van der Waals surface area contributed by atoms with Gasteiger partial charge in [0.05, 0.1) is 29.3 Å². The molecule has 1 aromatic heterocycles. The molecule has 2 aromatic rings. The molecule has 1 atom stereocenters. The highest BCUT2D eigenvalue weighted by molar-refractivity contribution is 6.33. The average Bonchev–Trinajstić information content (AvgIpc) is 2.54. The van der Waals surface area contributed by atoms with Crippen molar-refractivity contribution in [3.63, 3.8) is 0 Å². The van der Waals surface area contributed by atoms with Gasteiger partial charge in [0.1, 0.15) is 12.0 Å². The van der Waals surface area contributed by atoms with Gasteiger partial charge in [-0.15, -0.1) is 0 Å². The second-order valence-electron chi connectivity index (χ2n) is 4.82. The Bertz CT molecular complexity index is 654. The molecule has 8 heteroatoms. The summed E-state index contributed by atoms with van der Waals surface area (Å²) in [6.07, 6.45) is 0.346. The van der Waals surface area contributed by atoms with Gasteiger partial charge in [0.2, 0.25) is 0 Å². The van der Waals surface area contributed by atoms with Gasteiger partial charge in [-0.05, 0) is 5.56 Å². The highest BCUT2D eigenvalue weighted by Crippen LogP contribution is 2.23. The molecule has 23 heavy (non-hydrogen) atoms. The van der Waals surface area contributed by atoms with Crippen LogP contribution in [-0.2, 0) is 11.3 Å². The molecule has 0 bridgehead atoms. The van der Waals surface area contributed by atoms with Crippen LogP contribution >= 0.6 is 11.6 Å². The van der Waals surface area contributed by atoms with Crippen molar-refractivity contribution in [2.75, 3.05) is 18.5 Å². The zero-order chi connectivity index (χ0) is 16.7. The van der Waals surface area contributed by atoms with Gasteiger partial charge in [-0.25, -0.2) is 4.98 Å². The molecular formula is C15H16ClN3O4. The van der Waals surface area contributed by atoms with Gasteiger partial charge in [-0.2, -0.15) is 0 Å². The number of nitrogens with zero attached hydrogens (tertiary/aromatic N) is 2. The maximum Gasteiger partial charge on any atom is 0.289 e. The highest BCUT2D eigenvalue weighted by Gasteiger charge is 2.12. The number of nitrogens with one attached hydrogen (secondary N) is 1. The fraction of sp³-hybridized carbons (Fsp3) is 0.267. The van der Waals surface area contributed by atoms with E-state index in [9.17, 15) is 15.2 Å². The summed E-state index contributed by atoms with van der Waals surface area (Å²) in [7, 11) is 0. The van der Waals surface area contributed by atoms with Crippen LogP contribution in [0.4, 0.5) is 11.5 Å². The highest BCUT2D eigenvalue weighted by atomic mass is 35.5. The summed E-state index contributed by atoms with van der Waals surface area (Å²) in [6.45, 7) is 0.722. The Hall–Kier alpha value is -2.22. The van der Waals surface area contributed by atoms with Crippen LogP contribution in [0.2, 0.25) is 5.02 Å². The first-order valence-electron chi connectivity index (χ1n) is 6.90. The number of hydrogen-bond acceptors (Lipinski definition) is 6. The number of aromatic nitrogens is 1. The lowest BCUT2D eigenvalue weighted by molar-refractivity contribution is -0.385. The van der Waals surface area contributed by atoms with E-state index in [2.05, 4.69) is 10.3 Å². The predicted molar refractivity (Wildman–Crippen MR) is 86.5 cm³/mol. The maximum atomic E-state index is 10.6. The van der Waals surface area contributed by atoms with Crippen LogP contribution < -0.4 is 5.32 Å². The third-order valence-corrected chi connectivity index (χ3v) is 3.25. The van der Waals surface area contributed by atoms with E-state index < -0.39 is 11.0 Å². The molecule has 2 N–H and O–H groups in total. The molecule has 0 aliphatic heterocycles. The Balaban J connectivity index is 1.76. The zero-order valence-corrected chi connectivity index (χ0v) is 12.9. The normalized spacial score (nSPS) is 11.9. The van der Waals surface area contributed by atoms with Crippen LogP contribution in [0.3, 0.4) is 0 Å². The summed E-state index contributed by atoms with van der Waals surface area (Å²) in [6, 6.07) is 10.8. The molecular weight excluding hydrogens is 322 g/mol. The number of aliphatic hydroxyl groups excluding tert-OH is 1. The third-order valence-electron chi connectivity index (χ3n) is 2.96. The Labute approximate surface area is 138 Å². The molecule has 0 aliphatic carbocycles. The Kier molecular flexibility index (Phi) is 6.28. The van der Waals surface area contributed by atoms with Crippen LogP contribution in [-0.4, -0.2) is 34.3 Å². The van der Waals surface area contributed by atoms with Crippen LogP contribution in [0, 0.1) is 10.1 Å².